The van der Waals surface area contributed by atoms with E-state index in [1.165, 1.54) is 0 Å². The zero-order chi connectivity index (χ0) is 12.3. The molecule has 0 spiro atoms. The van der Waals surface area contributed by atoms with Crippen molar-refractivity contribution in [3.05, 3.63) is 30.3 Å². The van der Waals surface area contributed by atoms with Crippen LogP contribution in [0.2, 0.25) is 0 Å². The molecule has 0 aromatic heterocycles. The van der Waals surface area contributed by atoms with Crippen LogP contribution in [-0.2, 0) is 4.79 Å². The van der Waals surface area contributed by atoms with Crippen LogP contribution in [0.15, 0.2) is 30.3 Å². The van der Waals surface area contributed by atoms with Crippen molar-refractivity contribution in [2.45, 2.75) is 18.9 Å². The first-order valence-corrected chi connectivity index (χ1v) is 6.00. The topological polar surface area (TPSA) is 44.4 Å². The molecule has 1 heterocycles. The summed E-state index contributed by atoms with van der Waals surface area (Å²) in [5, 5.41) is 6.07. The average molecular weight is 233 g/mol. The number of hydrogen-bond acceptors (Lipinski definition) is 3. The molecule has 4 nitrogen and oxygen atoms in total. The molecule has 2 N–H and O–H groups in total. The van der Waals surface area contributed by atoms with Gasteiger partial charge >= 0.3 is 0 Å². The molecule has 1 atom stereocenters. The maximum atomic E-state index is 12.1. The Bertz CT molecular complexity index is 393. The van der Waals surface area contributed by atoms with Gasteiger partial charge in [-0.3, -0.25) is 4.79 Å². The summed E-state index contributed by atoms with van der Waals surface area (Å²) in [6, 6.07) is 10.1. The number of likely N-dealkylation sites (N-methyl/N-ethyl adjacent to an activating group) is 1. The predicted octanol–water partition coefficient (Wildman–Crippen LogP) is 0.949. The zero-order valence-corrected chi connectivity index (χ0v) is 10.4. The van der Waals surface area contributed by atoms with Crippen LogP contribution in [0.1, 0.15) is 13.3 Å². The van der Waals surface area contributed by atoms with Crippen LogP contribution < -0.4 is 15.5 Å². The predicted molar refractivity (Wildman–Crippen MR) is 68.9 cm³/mol. The second-order valence-corrected chi connectivity index (χ2v) is 4.34. The van der Waals surface area contributed by atoms with Gasteiger partial charge in [0, 0.05) is 12.2 Å². The highest BCUT2D eigenvalue weighted by Gasteiger charge is 2.46. The molecule has 0 saturated carbocycles. The third-order valence-corrected chi connectivity index (χ3v) is 3.46. The number of carbonyl (C=O) groups is 1. The van der Waals surface area contributed by atoms with E-state index in [2.05, 4.69) is 22.5 Å². The first kappa shape index (κ1) is 11.9. The Morgan fingerprint density at radius 2 is 2.12 bits per heavy atom. The summed E-state index contributed by atoms with van der Waals surface area (Å²) in [5.74, 6) is 0.109. The molecular formula is C13H19N3O. The summed E-state index contributed by atoms with van der Waals surface area (Å²) >= 11 is 0. The van der Waals surface area contributed by atoms with Gasteiger partial charge in [-0.15, -0.1) is 0 Å². The van der Waals surface area contributed by atoms with Crippen LogP contribution in [-0.4, -0.2) is 31.7 Å². The molecule has 17 heavy (non-hydrogen) atoms. The van der Waals surface area contributed by atoms with Gasteiger partial charge in [-0.05, 0) is 25.6 Å². The van der Waals surface area contributed by atoms with Crippen LogP contribution in [0.25, 0.3) is 0 Å². The summed E-state index contributed by atoms with van der Waals surface area (Å²) in [7, 11) is 1.88. The van der Waals surface area contributed by atoms with E-state index < -0.39 is 5.54 Å². The highest BCUT2D eigenvalue weighted by atomic mass is 16.2. The van der Waals surface area contributed by atoms with Crippen molar-refractivity contribution in [1.29, 1.82) is 0 Å². The summed E-state index contributed by atoms with van der Waals surface area (Å²) in [6.45, 7) is 3.29. The number of para-hydroxylation sites is 1. The molecule has 0 radical (unpaired) electrons. The average Bonchev–Trinajstić information content (AvgIpc) is 2.69. The van der Waals surface area contributed by atoms with E-state index in [1.54, 1.807) is 0 Å². The summed E-state index contributed by atoms with van der Waals surface area (Å²) in [5.41, 5.74) is 0.624. The second-order valence-electron chi connectivity index (χ2n) is 4.34. The summed E-state index contributed by atoms with van der Waals surface area (Å²) in [6.07, 6.45) is 0.786. The van der Waals surface area contributed by atoms with Gasteiger partial charge in [0.2, 0.25) is 5.91 Å². The number of anilines is 1. The van der Waals surface area contributed by atoms with Crippen molar-refractivity contribution in [1.82, 2.24) is 10.6 Å². The van der Waals surface area contributed by atoms with Crippen LogP contribution in [0.4, 0.5) is 5.69 Å². The fourth-order valence-electron chi connectivity index (χ4n) is 2.48. The lowest BCUT2D eigenvalue weighted by molar-refractivity contribution is -0.123. The molecule has 4 heteroatoms. The Morgan fingerprint density at radius 3 is 2.71 bits per heavy atom. The van der Waals surface area contributed by atoms with E-state index in [1.807, 2.05) is 37.4 Å². The smallest absolute Gasteiger partial charge is 0.248 e. The van der Waals surface area contributed by atoms with E-state index in [4.69, 9.17) is 0 Å². The highest BCUT2D eigenvalue weighted by Crippen LogP contribution is 2.29. The number of nitrogens with zero attached hydrogens (tertiary/aromatic N) is 1. The quantitative estimate of drug-likeness (QED) is 0.814. The van der Waals surface area contributed by atoms with Crippen molar-refractivity contribution in [3.63, 3.8) is 0 Å². The number of hydrogen-bond donors (Lipinski definition) is 2. The van der Waals surface area contributed by atoms with Gasteiger partial charge in [-0.25, -0.2) is 0 Å². The van der Waals surface area contributed by atoms with Gasteiger partial charge in [-0.1, -0.05) is 25.1 Å². The van der Waals surface area contributed by atoms with E-state index in [0.717, 1.165) is 12.1 Å². The van der Waals surface area contributed by atoms with Crippen molar-refractivity contribution < 1.29 is 4.79 Å². The molecule has 1 aliphatic rings. The second kappa shape index (κ2) is 4.75. The van der Waals surface area contributed by atoms with Gasteiger partial charge in [-0.2, -0.15) is 0 Å². The molecule has 1 aromatic carbocycles. The van der Waals surface area contributed by atoms with Gasteiger partial charge in [0.25, 0.3) is 0 Å². The van der Waals surface area contributed by atoms with Gasteiger partial charge < -0.3 is 15.5 Å². The molecule has 1 aliphatic heterocycles. The maximum absolute atomic E-state index is 12.1. The van der Waals surface area contributed by atoms with E-state index in [0.29, 0.717) is 13.2 Å². The van der Waals surface area contributed by atoms with E-state index >= 15 is 0 Å². The SMILES string of the molecule is CCC1(CNC)C(=O)NCN1c1ccccc1. The lowest BCUT2D eigenvalue weighted by Gasteiger charge is -2.36. The number of rotatable bonds is 4. The first-order valence-electron chi connectivity index (χ1n) is 6.00. The Morgan fingerprint density at radius 1 is 1.41 bits per heavy atom. The molecule has 1 aromatic rings. The Balaban J connectivity index is 2.36. The number of nitrogens with one attached hydrogen (secondary N) is 2. The van der Waals surface area contributed by atoms with Gasteiger partial charge in [0.05, 0.1) is 6.67 Å². The normalized spacial score (nSPS) is 23.9. The van der Waals surface area contributed by atoms with Crippen molar-refractivity contribution in [2.24, 2.45) is 0 Å². The minimum atomic E-state index is -0.462. The zero-order valence-electron chi connectivity index (χ0n) is 10.4. The van der Waals surface area contributed by atoms with Crippen LogP contribution >= 0.6 is 0 Å². The van der Waals surface area contributed by atoms with Gasteiger partial charge in [0.1, 0.15) is 5.54 Å². The first-order chi connectivity index (χ1) is 8.24. The van der Waals surface area contributed by atoms with Gasteiger partial charge in [0.15, 0.2) is 0 Å². The molecule has 2 rings (SSSR count). The molecule has 92 valence electrons. The molecule has 0 bridgehead atoms. The van der Waals surface area contributed by atoms with Crippen molar-refractivity contribution >= 4 is 11.6 Å². The van der Waals surface area contributed by atoms with Crippen molar-refractivity contribution in [2.75, 3.05) is 25.2 Å². The number of amides is 1. The monoisotopic (exact) mass is 233 g/mol. The summed E-state index contributed by atoms with van der Waals surface area (Å²) < 4.78 is 0. The lowest BCUT2D eigenvalue weighted by Crippen LogP contribution is -2.55. The lowest BCUT2D eigenvalue weighted by atomic mass is 9.93. The number of benzene rings is 1. The maximum Gasteiger partial charge on any atom is 0.248 e. The van der Waals surface area contributed by atoms with Crippen LogP contribution in [0.3, 0.4) is 0 Å². The fourth-order valence-corrected chi connectivity index (χ4v) is 2.48. The van der Waals surface area contributed by atoms with E-state index in [9.17, 15) is 4.79 Å². The highest BCUT2D eigenvalue weighted by molar-refractivity contribution is 5.93. The molecule has 0 aliphatic carbocycles. The fraction of sp³-hybridized carbons (Fsp3) is 0.462. The third kappa shape index (κ3) is 1.89. The molecule has 1 unspecified atom stereocenters. The summed E-state index contributed by atoms with van der Waals surface area (Å²) in [4.78, 5) is 14.3. The molecule has 1 amide bonds. The van der Waals surface area contributed by atoms with Crippen LogP contribution in [0, 0.1) is 0 Å². The minimum Gasteiger partial charge on any atom is -0.338 e. The van der Waals surface area contributed by atoms with E-state index in [-0.39, 0.29) is 5.91 Å². The third-order valence-electron chi connectivity index (χ3n) is 3.46. The number of carbonyl (C=O) groups excluding carboxylic acids is 1. The van der Waals surface area contributed by atoms with Crippen molar-refractivity contribution in [3.8, 4) is 0 Å². The minimum absolute atomic E-state index is 0.109. The van der Waals surface area contributed by atoms with Crippen LogP contribution in [0.5, 0.6) is 0 Å². The molecular weight excluding hydrogens is 214 g/mol. The standard InChI is InChI=1S/C13H19N3O/c1-3-13(9-14-2)12(17)15-10-16(13)11-7-5-4-6-8-11/h4-8,14H,3,9-10H2,1-2H3,(H,15,17). The Kier molecular flexibility index (Phi) is 3.33. The largest absolute Gasteiger partial charge is 0.338 e. The Hall–Kier alpha value is -1.55. The molecule has 1 saturated heterocycles. The Labute approximate surface area is 102 Å². The molecule has 1 fully saturated rings.